The summed E-state index contributed by atoms with van der Waals surface area (Å²) in [4.78, 5) is 27.2. The molecule has 0 bridgehead atoms. The molecule has 0 aromatic carbocycles. The lowest BCUT2D eigenvalue weighted by Gasteiger charge is -2.10. The van der Waals surface area contributed by atoms with Crippen LogP contribution < -0.4 is 5.32 Å². The molecule has 1 rings (SSSR count). The van der Waals surface area contributed by atoms with Gasteiger partial charge in [-0.15, -0.1) is 11.3 Å². The number of thiazole rings is 1. The van der Waals surface area contributed by atoms with Crippen LogP contribution in [-0.2, 0) is 20.7 Å². The van der Waals surface area contributed by atoms with Crippen LogP contribution in [0.15, 0.2) is 9.72 Å². The molecule has 1 N–H and O–H groups in total. The number of carbonyl (C=O) groups excluding carboxylic acids is 2. The van der Waals surface area contributed by atoms with E-state index in [1.165, 1.54) is 23.1 Å². The molecule has 1 amide bonds. The van der Waals surface area contributed by atoms with Crippen LogP contribution in [0.1, 0.15) is 32.9 Å². The number of rotatable bonds is 8. The van der Waals surface area contributed by atoms with Crippen LogP contribution in [0.5, 0.6) is 0 Å². The van der Waals surface area contributed by atoms with Gasteiger partial charge in [-0.2, -0.15) is 0 Å². The largest absolute Gasteiger partial charge is 0.466 e. The third-order valence-electron chi connectivity index (χ3n) is 2.51. The minimum atomic E-state index is -0.274. The van der Waals surface area contributed by atoms with Crippen LogP contribution in [0, 0.1) is 0 Å². The number of nitrogens with zero attached hydrogens (tertiary/aromatic N) is 1. The van der Waals surface area contributed by atoms with E-state index < -0.39 is 0 Å². The molecular weight excluding hydrogens is 296 g/mol. The maximum absolute atomic E-state index is 11.6. The smallest absolute Gasteiger partial charge is 0.311 e. The van der Waals surface area contributed by atoms with Gasteiger partial charge in [-0.25, -0.2) is 4.98 Å². The highest BCUT2D eigenvalue weighted by molar-refractivity contribution is 8.01. The molecule has 0 aliphatic heterocycles. The summed E-state index contributed by atoms with van der Waals surface area (Å²) >= 11 is 2.83. The maximum atomic E-state index is 11.6. The summed E-state index contributed by atoms with van der Waals surface area (Å²) in [6, 6.07) is 0.193. The number of esters is 1. The number of ether oxygens (including phenoxy) is 1. The highest BCUT2D eigenvalue weighted by Crippen LogP contribution is 2.22. The molecule has 1 aromatic rings. The van der Waals surface area contributed by atoms with Gasteiger partial charge in [0, 0.05) is 11.4 Å². The Balaban J connectivity index is 2.37. The Morgan fingerprint density at radius 2 is 2.25 bits per heavy atom. The molecule has 0 aliphatic carbocycles. The van der Waals surface area contributed by atoms with E-state index in [1.807, 2.05) is 19.2 Å². The summed E-state index contributed by atoms with van der Waals surface area (Å²) in [5, 5.41) is 4.72. The lowest BCUT2D eigenvalue weighted by atomic mass is 10.3. The minimum Gasteiger partial charge on any atom is -0.466 e. The molecular formula is C13H20N2O3S2. The molecule has 0 fully saturated rings. The van der Waals surface area contributed by atoms with Crippen LogP contribution in [0.4, 0.5) is 0 Å². The number of carbonyl (C=O) groups is 2. The second-order valence-corrected chi connectivity index (χ2v) is 6.33. The first-order valence-electron chi connectivity index (χ1n) is 6.57. The lowest BCUT2D eigenvalue weighted by molar-refractivity contribution is -0.142. The van der Waals surface area contributed by atoms with Crippen molar-refractivity contribution in [1.82, 2.24) is 10.3 Å². The van der Waals surface area contributed by atoms with Gasteiger partial charge >= 0.3 is 5.97 Å². The maximum Gasteiger partial charge on any atom is 0.311 e. The van der Waals surface area contributed by atoms with Crippen LogP contribution in [-0.4, -0.2) is 35.3 Å². The number of nitrogens with one attached hydrogen (secondary N) is 1. The average molecular weight is 316 g/mol. The van der Waals surface area contributed by atoms with E-state index in [9.17, 15) is 9.59 Å². The van der Waals surface area contributed by atoms with Gasteiger partial charge in [-0.1, -0.05) is 18.7 Å². The first-order valence-corrected chi connectivity index (χ1v) is 8.43. The molecule has 0 aliphatic rings. The summed E-state index contributed by atoms with van der Waals surface area (Å²) in [7, 11) is 0. The van der Waals surface area contributed by atoms with E-state index in [0.717, 1.165) is 10.8 Å². The van der Waals surface area contributed by atoms with Crippen LogP contribution in [0.3, 0.4) is 0 Å². The molecule has 112 valence electrons. The standard InChI is InChI=1S/C13H20N2O3S2/c1-4-9(3)14-11(16)8-20-13-15-10(7-19-13)6-12(17)18-5-2/h7,9H,4-6,8H2,1-3H3,(H,14,16)/t9-/m1/s1. The molecule has 1 aromatic heterocycles. The molecule has 1 atom stereocenters. The highest BCUT2D eigenvalue weighted by Gasteiger charge is 2.11. The minimum absolute atomic E-state index is 0.00601. The van der Waals surface area contributed by atoms with Gasteiger partial charge < -0.3 is 10.1 Å². The first kappa shape index (κ1) is 17.0. The molecule has 20 heavy (non-hydrogen) atoms. The highest BCUT2D eigenvalue weighted by atomic mass is 32.2. The molecule has 0 spiro atoms. The van der Waals surface area contributed by atoms with Crippen molar-refractivity contribution in [3.05, 3.63) is 11.1 Å². The fourth-order valence-corrected chi connectivity index (χ4v) is 3.00. The van der Waals surface area contributed by atoms with E-state index >= 15 is 0 Å². The van der Waals surface area contributed by atoms with Gasteiger partial charge in [0.1, 0.15) is 0 Å². The molecule has 7 heteroatoms. The number of hydrogen-bond acceptors (Lipinski definition) is 6. The van der Waals surface area contributed by atoms with Crippen molar-refractivity contribution in [3.8, 4) is 0 Å². The Morgan fingerprint density at radius 1 is 1.50 bits per heavy atom. The Hall–Kier alpha value is -1.08. The van der Waals surface area contributed by atoms with Crippen molar-refractivity contribution in [1.29, 1.82) is 0 Å². The average Bonchev–Trinajstić information content (AvgIpc) is 2.84. The van der Waals surface area contributed by atoms with E-state index in [1.54, 1.807) is 6.92 Å². The summed E-state index contributed by atoms with van der Waals surface area (Å²) in [5.41, 5.74) is 0.693. The van der Waals surface area contributed by atoms with Gasteiger partial charge in [0.15, 0.2) is 4.34 Å². The lowest BCUT2D eigenvalue weighted by Crippen LogP contribution is -2.33. The van der Waals surface area contributed by atoms with Crippen LogP contribution in [0.25, 0.3) is 0 Å². The van der Waals surface area contributed by atoms with Gasteiger partial charge in [0.2, 0.25) is 5.91 Å². The van der Waals surface area contributed by atoms with E-state index in [2.05, 4.69) is 10.3 Å². The molecule has 0 saturated carbocycles. The quantitative estimate of drug-likeness (QED) is 0.588. The van der Waals surface area contributed by atoms with Crippen molar-refractivity contribution in [2.24, 2.45) is 0 Å². The van der Waals surface area contributed by atoms with Gasteiger partial charge in [0.25, 0.3) is 0 Å². The van der Waals surface area contributed by atoms with Crippen molar-refractivity contribution in [2.75, 3.05) is 12.4 Å². The van der Waals surface area contributed by atoms with Gasteiger partial charge in [-0.3, -0.25) is 9.59 Å². The fraction of sp³-hybridized carbons (Fsp3) is 0.615. The summed E-state index contributed by atoms with van der Waals surface area (Å²) in [6.07, 6.45) is 1.10. The second kappa shape index (κ2) is 8.97. The monoisotopic (exact) mass is 316 g/mol. The van der Waals surface area contributed by atoms with Crippen LogP contribution in [0.2, 0.25) is 0 Å². The second-order valence-electron chi connectivity index (χ2n) is 4.25. The third kappa shape index (κ3) is 6.38. The Bertz CT molecular complexity index is 449. The zero-order chi connectivity index (χ0) is 15.0. The molecule has 0 radical (unpaired) electrons. The molecule has 0 unspecified atom stereocenters. The predicted molar refractivity (Wildman–Crippen MR) is 81.1 cm³/mol. The van der Waals surface area contributed by atoms with E-state index in [4.69, 9.17) is 4.74 Å². The normalized spacial score (nSPS) is 11.9. The van der Waals surface area contributed by atoms with E-state index in [-0.39, 0.29) is 24.3 Å². The van der Waals surface area contributed by atoms with Crippen molar-refractivity contribution >= 4 is 35.0 Å². The summed E-state index contributed by atoms with van der Waals surface area (Å²) < 4.78 is 5.66. The van der Waals surface area contributed by atoms with Crippen molar-refractivity contribution < 1.29 is 14.3 Å². The third-order valence-corrected chi connectivity index (χ3v) is 4.58. The topological polar surface area (TPSA) is 68.3 Å². The first-order chi connectivity index (χ1) is 9.55. The zero-order valence-corrected chi connectivity index (χ0v) is 13.6. The Kier molecular flexibility index (Phi) is 7.61. The molecule has 1 heterocycles. The number of hydrogen-bond donors (Lipinski definition) is 1. The van der Waals surface area contributed by atoms with E-state index in [0.29, 0.717) is 18.1 Å². The fourth-order valence-electron chi connectivity index (χ4n) is 1.34. The summed E-state index contributed by atoms with van der Waals surface area (Å²) in [5.74, 6) is 0.0758. The van der Waals surface area contributed by atoms with Crippen molar-refractivity contribution in [2.45, 2.75) is 44.0 Å². The molecule has 5 nitrogen and oxygen atoms in total. The Morgan fingerprint density at radius 3 is 2.90 bits per heavy atom. The number of amides is 1. The molecule has 0 saturated heterocycles. The van der Waals surface area contributed by atoms with Crippen molar-refractivity contribution in [3.63, 3.8) is 0 Å². The summed E-state index contributed by atoms with van der Waals surface area (Å²) in [6.45, 7) is 6.15. The predicted octanol–water partition coefficient (Wildman–Crippen LogP) is 2.26. The number of aromatic nitrogens is 1. The number of thioether (sulfide) groups is 1. The SMILES string of the molecule is CCOC(=O)Cc1csc(SCC(=O)N[C@H](C)CC)n1. The van der Waals surface area contributed by atoms with Crippen LogP contribution >= 0.6 is 23.1 Å². The zero-order valence-electron chi connectivity index (χ0n) is 12.0. The van der Waals surface area contributed by atoms with Gasteiger partial charge in [-0.05, 0) is 20.3 Å². The Labute approximate surface area is 127 Å². The van der Waals surface area contributed by atoms with Gasteiger partial charge in [0.05, 0.1) is 24.5 Å².